The maximum atomic E-state index is 5.97. The molecule has 2 aromatic heterocycles. The first-order valence-electron chi connectivity index (χ1n) is 4.38. The van der Waals surface area contributed by atoms with Gasteiger partial charge in [-0.15, -0.1) is 11.3 Å². The molecule has 0 fully saturated rings. The predicted molar refractivity (Wildman–Crippen MR) is 56.3 cm³/mol. The number of aryl methyl sites for hydroxylation is 3. The summed E-state index contributed by atoms with van der Waals surface area (Å²) in [5.41, 5.74) is 8.19. The van der Waals surface area contributed by atoms with Crippen molar-refractivity contribution < 1.29 is 0 Å². The highest BCUT2D eigenvalue weighted by atomic mass is 32.1. The summed E-state index contributed by atoms with van der Waals surface area (Å²) in [7, 11) is 0. The van der Waals surface area contributed by atoms with Gasteiger partial charge < -0.3 is 5.73 Å². The van der Waals surface area contributed by atoms with E-state index in [0.717, 1.165) is 22.9 Å². The Bertz CT molecular complexity index is 453. The van der Waals surface area contributed by atoms with E-state index in [1.165, 1.54) is 10.6 Å². The maximum absolute atomic E-state index is 5.97. The molecule has 70 valence electrons. The van der Waals surface area contributed by atoms with E-state index in [9.17, 15) is 0 Å². The maximum Gasteiger partial charge on any atom is 0.196 e. The number of rotatable bonds is 1. The van der Waals surface area contributed by atoms with E-state index in [2.05, 4.69) is 25.8 Å². The average Bonchev–Trinajstić information content (AvgIpc) is 2.54. The molecule has 0 aliphatic rings. The number of fused-ring (bicyclic) bond motifs is 1. The van der Waals surface area contributed by atoms with Crippen LogP contribution in [-0.2, 0) is 6.42 Å². The smallest absolute Gasteiger partial charge is 0.196 e. The van der Waals surface area contributed by atoms with Gasteiger partial charge in [0.25, 0.3) is 0 Å². The zero-order valence-electron chi connectivity index (χ0n) is 8.09. The molecule has 2 rings (SSSR count). The van der Waals surface area contributed by atoms with Crippen LogP contribution in [0.1, 0.15) is 23.2 Å². The molecule has 2 N–H and O–H groups in total. The quantitative estimate of drug-likeness (QED) is 0.757. The van der Waals surface area contributed by atoms with Crippen LogP contribution in [0.3, 0.4) is 0 Å². The van der Waals surface area contributed by atoms with Gasteiger partial charge in [0.1, 0.15) is 5.82 Å². The second kappa shape index (κ2) is 2.73. The van der Waals surface area contributed by atoms with Crippen molar-refractivity contribution in [2.75, 3.05) is 5.73 Å². The molecule has 0 amide bonds. The summed E-state index contributed by atoms with van der Waals surface area (Å²) in [5, 5.41) is 0. The minimum absolute atomic E-state index is 0.805. The summed E-state index contributed by atoms with van der Waals surface area (Å²) >= 11 is 1.70. The fourth-order valence-electron chi connectivity index (χ4n) is 1.48. The van der Waals surface area contributed by atoms with Crippen LogP contribution in [0, 0.1) is 13.8 Å². The van der Waals surface area contributed by atoms with Gasteiger partial charge in [0.05, 0.1) is 5.69 Å². The topological polar surface area (TPSA) is 43.3 Å². The summed E-state index contributed by atoms with van der Waals surface area (Å²) in [6, 6.07) is 0. The molecule has 3 nitrogen and oxygen atoms in total. The third kappa shape index (κ3) is 1.05. The molecule has 2 heterocycles. The van der Waals surface area contributed by atoms with Crippen LogP contribution in [0.15, 0.2) is 0 Å². The highest BCUT2D eigenvalue weighted by molar-refractivity contribution is 7.17. The van der Waals surface area contributed by atoms with Crippen LogP contribution < -0.4 is 5.73 Å². The van der Waals surface area contributed by atoms with Crippen molar-refractivity contribution in [1.82, 2.24) is 9.38 Å². The number of aromatic nitrogens is 2. The van der Waals surface area contributed by atoms with Gasteiger partial charge in [0.15, 0.2) is 4.96 Å². The van der Waals surface area contributed by atoms with Crippen molar-refractivity contribution in [2.24, 2.45) is 0 Å². The largest absolute Gasteiger partial charge is 0.383 e. The molecular formula is C9H13N3S. The van der Waals surface area contributed by atoms with E-state index in [-0.39, 0.29) is 0 Å². The fourth-order valence-corrected chi connectivity index (χ4v) is 2.47. The number of nitrogens with zero attached hydrogens (tertiary/aromatic N) is 2. The summed E-state index contributed by atoms with van der Waals surface area (Å²) in [6.07, 6.45) is 0.902. The number of imidazole rings is 1. The molecule has 2 aromatic rings. The lowest BCUT2D eigenvalue weighted by atomic mass is 10.3. The normalized spacial score (nSPS) is 11.3. The number of hydrogen-bond acceptors (Lipinski definition) is 3. The van der Waals surface area contributed by atoms with E-state index in [1.54, 1.807) is 11.3 Å². The van der Waals surface area contributed by atoms with Gasteiger partial charge in [-0.2, -0.15) is 0 Å². The third-order valence-corrected chi connectivity index (χ3v) is 3.44. The van der Waals surface area contributed by atoms with Crippen LogP contribution in [0.5, 0.6) is 0 Å². The average molecular weight is 195 g/mol. The number of nitrogen functional groups attached to an aromatic ring is 1. The predicted octanol–water partition coefficient (Wildman–Crippen LogP) is 2.16. The second-order valence-corrected chi connectivity index (χ2v) is 4.34. The van der Waals surface area contributed by atoms with Crippen molar-refractivity contribution in [3.8, 4) is 0 Å². The van der Waals surface area contributed by atoms with E-state index < -0.39 is 0 Å². The Morgan fingerprint density at radius 2 is 2.15 bits per heavy atom. The summed E-state index contributed by atoms with van der Waals surface area (Å²) in [5.74, 6) is 0.805. The van der Waals surface area contributed by atoms with Crippen LogP contribution in [0.4, 0.5) is 5.82 Å². The van der Waals surface area contributed by atoms with Crippen molar-refractivity contribution in [2.45, 2.75) is 27.2 Å². The summed E-state index contributed by atoms with van der Waals surface area (Å²) < 4.78 is 2.04. The Kier molecular flexibility index (Phi) is 1.80. The Hall–Kier alpha value is -1.03. The molecule has 13 heavy (non-hydrogen) atoms. The zero-order chi connectivity index (χ0) is 9.59. The Labute approximate surface area is 81.2 Å². The van der Waals surface area contributed by atoms with Crippen molar-refractivity contribution >= 4 is 22.1 Å². The van der Waals surface area contributed by atoms with Gasteiger partial charge in [0.2, 0.25) is 0 Å². The standard InChI is InChI=1S/C9H13N3S/c1-4-7-8(10)12-5(2)6(3)13-9(12)11-7/h4,10H2,1-3H3. The molecular weight excluding hydrogens is 182 g/mol. The van der Waals surface area contributed by atoms with Crippen LogP contribution in [-0.4, -0.2) is 9.38 Å². The van der Waals surface area contributed by atoms with Gasteiger partial charge in [0, 0.05) is 10.6 Å². The second-order valence-electron chi connectivity index (χ2n) is 3.16. The van der Waals surface area contributed by atoms with E-state index in [0.29, 0.717) is 0 Å². The Morgan fingerprint density at radius 3 is 2.69 bits per heavy atom. The van der Waals surface area contributed by atoms with Gasteiger partial charge in [-0.3, -0.25) is 4.40 Å². The molecule has 0 bridgehead atoms. The Balaban J connectivity index is 2.82. The monoisotopic (exact) mass is 195 g/mol. The van der Waals surface area contributed by atoms with E-state index in [1.807, 2.05) is 4.40 Å². The first-order chi connectivity index (χ1) is 6.15. The van der Waals surface area contributed by atoms with Gasteiger partial charge in [-0.1, -0.05) is 6.92 Å². The van der Waals surface area contributed by atoms with Crippen LogP contribution in [0.2, 0.25) is 0 Å². The number of anilines is 1. The van der Waals surface area contributed by atoms with Crippen LogP contribution in [0.25, 0.3) is 4.96 Å². The molecule has 0 saturated carbocycles. The molecule has 0 spiro atoms. The van der Waals surface area contributed by atoms with Crippen molar-refractivity contribution in [1.29, 1.82) is 0 Å². The third-order valence-electron chi connectivity index (χ3n) is 2.38. The van der Waals surface area contributed by atoms with Crippen LogP contribution >= 0.6 is 11.3 Å². The molecule has 0 saturated heterocycles. The van der Waals surface area contributed by atoms with Gasteiger partial charge in [-0.05, 0) is 20.3 Å². The minimum Gasteiger partial charge on any atom is -0.383 e. The molecule has 0 aliphatic heterocycles. The summed E-state index contributed by atoms with van der Waals surface area (Å²) in [4.78, 5) is 6.78. The lowest BCUT2D eigenvalue weighted by Crippen LogP contribution is -1.96. The number of hydrogen-bond donors (Lipinski definition) is 1. The van der Waals surface area contributed by atoms with Crippen molar-refractivity contribution in [3.63, 3.8) is 0 Å². The first kappa shape index (κ1) is 8.56. The van der Waals surface area contributed by atoms with E-state index in [4.69, 9.17) is 5.73 Å². The lowest BCUT2D eigenvalue weighted by Gasteiger charge is -1.96. The highest BCUT2D eigenvalue weighted by Gasteiger charge is 2.12. The minimum atomic E-state index is 0.805. The van der Waals surface area contributed by atoms with Gasteiger partial charge >= 0.3 is 0 Å². The summed E-state index contributed by atoms with van der Waals surface area (Å²) in [6.45, 7) is 6.25. The van der Waals surface area contributed by atoms with Gasteiger partial charge in [-0.25, -0.2) is 4.98 Å². The van der Waals surface area contributed by atoms with E-state index >= 15 is 0 Å². The lowest BCUT2D eigenvalue weighted by molar-refractivity contribution is 1.07. The fraction of sp³-hybridized carbons (Fsp3) is 0.444. The molecule has 0 aromatic carbocycles. The van der Waals surface area contributed by atoms with Crippen molar-refractivity contribution in [3.05, 3.63) is 16.3 Å². The first-order valence-corrected chi connectivity index (χ1v) is 5.19. The highest BCUT2D eigenvalue weighted by Crippen LogP contribution is 2.26. The Morgan fingerprint density at radius 1 is 1.46 bits per heavy atom. The SMILES string of the molecule is CCc1nc2sc(C)c(C)n2c1N. The molecule has 4 heteroatoms. The number of nitrogens with two attached hydrogens (primary N) is 1. The molecule has 0 unspecified atom stereocenters. The molecule has 0 aliphatic carbocycles. The molecule has 0 radical (unpaired) electrons. The molecule has 0 atom stereocenters. The number of thiazole rings is 1. The zero-order valence-corrected chi connectivity index (χ0v) is 8.90.